The summed E-state index contributed by atoms with van der Waals surface area (Å²) in [7, 11) is 0. The molecule has 3 aromatic rings. The summed E-state index contributed by atoms with van der Waals surface area (Å²) < 4.78 is 5.42. The molecular formula is C20H26N7O2+. The van der Waals surface area contributed by atoms with E-state index in [-0.39, 0.29) is 6.03 Å². The molecule has 5 N–H and O–H groups in total. The van der Waals surface area contributed by atoms with Gasteiger partial charge in [-0.3, -0.25) is 10.00 Å². The first kappa shape index (κ1) is 18.1. The minimum Gasteiger partial charge on any atom is -0.379 e. The molecule has 9 nitrogen and oxygen atoms in total. The number of urea groups is 1. The van der Waals surface area contributed by atoms with Gasteiger partial charge in [-0.2, -0.15) is 5.10 Å². The summed E-state index contributed by atoms with van der Waals surface area (Å²) in [5.41, 5.74) is 4.63. The van der Waals surface area contributed by atoms with Gasteiger partial charge in [0.25, 0.3) is 0 Å². The van der Waals surface area contributed by atoms with Crippen molar-refractivity contribution in [1.82, 2.24) is 25.4 Å². The summed E-state index contributed by atoms with van der Waals surface area (Å²) in [5, 5.41) is 12.9. The number of anilines is 1. The van der Waals surface area contributed by atoms with Crippen LogP contribution < -0.4 is 15.6 Å². The number of aromatic nitrogens is 4. The molecule has 9 heteroatoms. The van der Waals surface area contributed by atoms with E-state index in [1.807, 2.05) is 0 Å². The number of rotatable bonds is 6. The maximum absolute atomic E-state index is 12.1. The Morgan fingerprint density at radius 2 is 2.17 bits per heavy atom. The van der Waals surface area contributed by atoms with Crippen molar-refractivity contribution in [2.45, 2.75) is 19.4 Å². The van der Waals surface area contributed by atoms with Gasteiger partial charge in [0.2, 0.25) is 0 Å². The highest BCUT2D eigenvalue weighted by Crippen LogP contribution is 2.28. The van der Waals surface area contributed by atoms with Crippen LogP contribution in [0.4, 0.5) is 10.5 Å². The Morgan fingerprint density at radius 1 is 1.31 bits per heavy atom. The van der Waals surface area contributed by atoms with E-state index in [0.717, 1.165) is 61.9 Å². The molecule has 0 atom stereocenters. The van der Waals surface area contributed by atoms with E-state index in [0.29, 0.717) is 11.6 Å². The molecule has 2 amide bonds. The molecule has 1 aliphatic heterocycles. The molecule has 1 aromatic carbocycles. The molecule has 152 valence electrons. The third-order valence-corrected chi connectivity index (χ3v) is 5.50. The Hall–Kier alpha value is -2.91. The lowest BCUT2D eigenvalue weighted by Crippen LogP contribution is -2.35. The molecule has 2 aromatic heterocycles. The van der Waals surface area contributed by atoms with Gasteiger partial charge in [-0.25, -0.2) is 14.8 Å². The number of nitrogens with one attached hydrogen (secondary N) is 5. The Labute approximate surface area is 168 Å². The number of ether oxygens (including phenoxy) is 1. The van der Waals surface area contributed by atoms with Gasteiger partial charge in [0, 0.05) is 26.2 Å². The summed E-state index contributed by atoms with van der Waals surface area (Å²) in [4.78, 5) is 21.3. The smallest absolute Gasteiger partial charge is 0.319 e. The number of amides is 2. The van der Waals surface area contributed by atoms with Gasteiger partial charge in [0.1, 0.15) is 0 Å². The molecule has 0 bridgehead atoms. The van der Waals surface area contributed by atoms with Crippen molar-refractivity contribution >= 4 is 22.8 Å². The van der Waals surface area contributed by atoms with E-state index >= 15 is 0 Å². The van der Waals surface area contributed by atoms with Crippen LogP contribution in [0.15, 0.2) is 24.4 Å². The largest absolute Gasteiger partial charge is 0.379 e. The maximum Gasteiger partial charge on any atom is 0.319 e. The molecule has 0 unspecified atom stereocenters. The van der Waals surface area contributed by atoms with Gasteiger partial charge in [-0.15, -0.1) is 0 Å². The normalized spacial score (nSPS) is 17.5. The summed E-state index contributed by atoms with van der Waals surface area (Å²) in [6.07, 6.45) is 4.03. The van der Waals surface area contributed by atoms with Gasteiger partial charge < -0.3 is 15.4 Å². The SMILES string of the molecule is O=C(NCC1CC1)Nc1cn[nH]c1-c1[nH]c2cc(CN3CCOCC3)ccc2[nH+]1. The average Bonchev–Trinajstić information content (AvgIpc) is 3.29. The van der Waals surface area contributed by atoms with E-state index in [2.05, 4.69) is 53.9 Å². The average molecular weight is 396 g/mol. The first-order valence-corrected chi connectivity index (χ1v) is 10.2. The molecule has 5 rings (SSSR count). The van der Waals surface area contributed by atoms with Crippen molar-refractivity contribution in [3.05, 3.63) is 30.0 Å². The minimum absolute atomic E-state index is 0.205. The zero-order chi connectivity index (χ0) is 19.6. The van der Waals surface area contributed by atoms with Crippen molar-refractivity contribution in [3.63, 3.8) is 0 Å². The number of benzene rings is 1. The fourth-order valence-electron chi connectivity index (χ4n) is 3.64. The summed E-state index contributed by atoms with van der Waals surface area (Å²) in [5.74, 6) is 1.41. The number of morpholine rings is 1. The maximum atomic E-state index is 12.1. The molecule has 2 aliphatic rings. The summed E-state index contributed by atoms with van der Waals surface area (Å²) >= 11 is 0. The first-order valence-electron chi connectivity index (χ1n) is 10.2. The molecule has 1 saturated heterocycles. The fraction of sp³-hybridized carbons (Fsp3) is 0.450. The second kappa shape index (κ2) is 7.84. The molecule has 29 heavy (non-hydrogen) atoms. The van der Waals surface area contributed by atoms with Crippen molar-refractivity contribution < 1.29 is 14.5 Å². The van der Waals surface area contributed by atoms with Crippen LogP contribution in [0, 0.1) is 5.92 Å². The second-order valence-electron chi connectivity index (χ2n) is 7.83. The molecule has 2 fully saturated rings. The number of fused-ring (bicyclic) bond motifs is 1. The molecular weight excluding hydrogens is 370 g/mol. The monoisotopic (exact) mass is 396 g/mol. The number of hydrogen-bond acceptors (Lipinski definition) is 4. The van der Waals surface area contributed by atoms with E-state index in [1.165, 1.54) is 18.4 Å². The second-order valence-corrected chi connectivity index (χ2v) is 7.83. The van der Waals surface area contributed by atoms with Crippen LogP contribution in [-0.4, -0.2) is 59.0 Å². The Kier molecular flexibility index (Phi) is 4.91. The van der Waals surface area contributed by atoms with Gasteiger partial charge >= 0.3 is 11.9 Å². The molecule has 0 spiro atoms. The van der Waals surface area contributed by atoms with Crippen LogP contribution >= 0.6 is 0 Å². The minimum atomic E-state index is -0.205. The third kappa shape index (κ3) is 4.25. The highest BCUT2D eigenvalue weighted by atomic mass is 16.5. The van der Waals surface area contributed by atoms with Gasteiger partial charge in [-0.1, -0.05) is 6.07 Å². The lowest BCUT2D eigenvalue weighted by molar-refractivity contribution is -0.330. The standard InChI is InChI=1S/C20H25N7O2/c28-20(21-10-13-1-2-13)25-17-11-22-26-18(17)19-23-15-4-3-14(9-16(15)24-19)12-27-5-7-29-8-6-27/h3-4,9,11,13H,1-2,5-8,10,12H2,(H,22,26)(H,23,24)(H2,21,25,28)/p+1. The predicted molar refractivity (Wildman–Crippen MR) is 108 cm³/mol. The lowest BCUT2D eigenvalue weighted by atomic mass is 10.2. The zero-order valence-corrected chi connectivity index (χ0v) is 16.3. The Bertz CT molecular complexity index is 1000. The topological polar surface area (TPSA) is 112 Å². The molecule has 3 heterocycles. The van der Waals surface area contributed by atoms with Crippen molar-refractivity contribution in [2.75, 3.05) is 38.2 Å². The Balaban J connectivity index is 1.31. The van der Waals surface area contributed by atoms with Crippen molar-refractivity contribution in [3.8, 4) is 11.5 Å². The van der Waals surface area contributed by atoms with Crippen LogP contribution in [0.1, 0.15) is 18.4 Å². The van der Waals surface area contributed by atoms with Gasteiger partial charge in [0.05, 0.1) is 25.1 Å². The quantitative estimate of drug-likeness (QED) is 0.508. The van der Waals surface area contributed by atoms with Crippen molar-refractivity contribution in [2.24, 2.45) is 5.92 Å². The van der Waals surface area contributed by atoms with Gasteiger partial charge in [0.15, 0.2) is 16.7 Å². The number of carbonyl (C=O) groups excluding carboxylic acids is 1. The van der Waals surface area contributed by atoms with Crippen LogP contribution in [-0.2, 0) is 11.3 Å². The van der Waals surface area contributed by atoms with E-state index in [4.69, 9.17) is 4.74 Å². The summed E-state index contributed by atoms with van der Waals surface area (Å²) in [6.45, 7) is 5.16. The van der Waals surface area contributed by atoms with Crippen LogP contribution in [0.3, 0.4) is 0 Å². The van der Waals surface area contributed by atoms with E-state index < -0.39 is 0 Å². The molecule has 1 aliphatic carbocycles. The highest BCUT2D eigenvalue weighted by Gasteiger charge is 2.23. The van der Waals surface area contributed by atoms with Crippen LogP contribution in [0.25, 0.3) is 22.6 Å². The number of aromatic amines is 3. The number of hydrogen-bond donors (Lipinski definition) is 4. The predicted octanol–water partition coefficient (Wildman–Crippen LogP) is 1.74. The Morgan fingerprint density at radius 3 is 3.00 bits per heavy atom. The highest BCUT2D eigenvalue weighted by molar-refractivity contribution is 5.92. The van der Waals surface area contributed by atoms with Crippen molar-refractivity contribution in [1.29, 1.82) is 0 Å². The number of imidazole rings is 1. The lowest BCUT2D eigenvalue weighted by Gasteiger charge is -2.26. The molecule has 0 radical (unpaired) electrons. The van der Waals surface area contributed by atoms with E-state index in [9.17, 15) is 4.79 Å². The zero-order valence-electron chi connectivity index (χ0n) is 16.3. The number of carbonyl (C=O) groups is 1. The van der Waals surface area contributed by atoms with Crippen LogP contribution in [0.2, 0.25) is 0 Å². The summed E-state index contributed by atoms with van der Waals surface area (Å²) in [6, 6.07) is 6.18. The van der Waals surface area contributed by atoms with Gasteiger partial charge in [-0.05, 0) is 36.5 Å². The fourth-order valence-corrected chi connectivity index (χ4v) is 3.64. The number of nitrogens with zero attached hydrogens (tertiary/aromatic N) is 2. The number of H-pyrrole nitrogens is 3. The molecule has 1 saturated carbocycles. The third-order valence-electron chi connectivity index (χ3n) is 5.50. The van der Waals surface area contributed by atoms with E-state index in [1.54, 1.807) is 6.20 Å². The van der Waals surface area contributed by atoms with Crippen LogP contribution in [0.5, 0.6) is 0 Å². The first-order chi connectivity index (χ1) is 14.2.